The predicted octanol–water partition coefficient (Wildman–Crippen LogP) is 4.05. The van der Waals surface area contributed by atoms with E-state index < -0.39 is 5.97 Å². The van der Waals surface area contributed by atoms with Crippen LogP contribution < -0.4 is 10.6 Å². The third-order valence-corrected chi connectivity index (χ3v) is 4.99. The molecular weight excluding hydrogens is 368 g/mol. The van der Waals surface area contributed by atoms with Crippen LogP contribution in [0.4, 0.5) is 10.7 Å². The van der Waals surface area contributed by atoms with Crippen molar-refractivity contribution in [3.8, 4) is 10.4 Å². The first-order chi connectivity index (χ1) is 12.5. The van der Waals surface area contributed by atoms with Gasteiger partial charge >= 0.3 is 5.97 Å². The van der Waals surface area contributed by atoms with E-state index in [1.54, 1.807) is 4.68 Å². The van der Waals surface area contributed by atoms with E-state index >= 15 is 0 Å². The molecule has 0 aliphatic carbocycles. The number of nitrogens with one attached hydrogen (secondary N) is 2. The molecule has 6 nitrogen and oxygen atoms in total. The zero-order valence-electron chi connectivity index (χ0n) is 14.6. The fourth-order valence-electron chi connectivity index (χ4n) is 2.47. The Morgan fingerprint density at radius 1 is 1.27 bits per heavy atom. The maximum Gasteiger partial charge on any atom is 0.340 e. The average molecular weight is 387 g/mol. The fraction of sp³-hybridized carbons (Fsp3) is 0.167. The minimum atomic E-state index is -0.411. The highest BCUT2D eigenvalue weighted by Crippen LogP contribution is 2.36. The van der Waals surface area contributed by atoms with Crippen molar-refractivity contribution in [1.29, 1.82) is 0 Å². The summed E-state index contributed by atoms with van der Waals surface area (Å²) >= 11 is 6.83. The zero-order valence-corrected chi connectivity index (χ0v) is 16.2. The second-order valence-corrected chi connectivity index (χ2v) is 7.05. The quantitative estimate of drug-likeness (QED) is 0.521. The Bertz CT molecular complexity index is 948. The van der Waals surface area contributed by atoms with E-state index in [-0.39, 0.29) is 0 Å². The molecule has 0 atom stereocenters. The molecule has 0 amide bonds. The first-order valence-corrected chi connectivity index (χ1v) is 9.06. The number of thiocarbonyl (C=S) groups is 1. The van der Waals surface area contributed by atoms with Gasteiger partial charge in [-0.05, 0) is 30.8 Å². The summed E-state index contributed by atoms with van der Waals surface area (Å²) in [5.41, 5.74) is 3.12. The van der Waals surface area contributed by atoms with Crippen molar-refractivity contribution >= 4 is 45.3 Å². The Morgan fingerprint density at radius 3 is 2.62 bits per heavy atom. The normalized spacial score (nSPS) is 10.4. The van der Waals surface area contributed by atoms with Gasteiger partial charge in [0.05, 0.1) is 24.1 Å². The van der Waals surface area contributed by atoms with Gasteiger partial charge in [0.1, 0.15) is 5.00 Å². The van der Waals surface area contributed by atoms with Crippen LogP contribution in [0.3, 0.4) is 0 Å². The van der Waals surface area contributed by atoms with Crippen LogP contribution in [0.5, 0.6) is 0 Å². The van der Waals surface area contributed by atoms with E-state index in [4.69, 9.17) is 17.0 Å². The molecule has 0 saturated carbocycles. The topological polar surface area (TPSA) is 68.2 Å². The van der Waals surface area contributed by atoms with Crippen molar-refractivity contribution in [3.63, 3.8) is 0 Å². The smallest absolute Gasteiger partial charge is 0.340 e. The summed E-state index contributed by atoms with van der Waals surface area (Å²) in [4.78, 5) is 13.1. The molecule has 0 spiro atoms. The van der Waals surface area contributed by atoms with Gasteiger partial charge in [0, 0.05) is 18.1 Å². The highest BCUT2D eigenvalue weighted by molar-refractivity contribution is 7.80. The average Bonchev–Trinajstić information content (AvgIpc) is 3.18. The lowest BCUT2D eigenvalue weighted by Crippen LogP contribution is -2.20. The second kappa shape index (κ2) is 7.67. The van der Waals surface area contributed by atoms with Crippen LogP contribution in [-0.2, 0) is 11.8 Å². The Balaban J connectivity index is 1.86. The number of aromatic nitrogens is 2. The lowest BCUT2D eigenvalue weighted by molar-refractivity contribution is 0.0602. The number of aryl methyl sites for hydroxylation is 2. The van der Waals surface area contributed by atoms with Crippen molar-refractivity contribution in [2.45, 2.75) is 6.92 Å². The third kappa shape index (κ3) is 3.92. The Hall–Kier alpha value is -2.71. The molecule has 134 valence electrons. The number of esters is 1. The van der Waals surface area contributed by atoms with Gasteiger partial charge in [-0.25, -0.2) is 4.79 Å². The Kier molecular flexibility index (Phi) is 5.34. The van der Waals surface area contributed by atoms with Gasteiger partial charge in [-0.3, -0.25) is 4.68 Å². The van der Waals surface area contributed by atoms with Crippen LogP contribution in [0.15, 0.2) is 42.6 Å². The number of anilines is 2. The monoisotopic (exact) mass is 386 g/mol. The molecule has 0 aliphatic rings. The summed E-state index contributed by atoms with van der Waals surface area (Å²) in [7, 11) is 3.21. The van der Waals surface area contributed by atoms with E-state index in [0.29, 0.717) is 15.7 Å². The number of hydrogen-bond donors (Lipinski definition) is 2. The van der Waals surface area contributed by atoms with Crippen LogP contribution in [0.2, 0.25) is 0 Å². The largest absolute Gasteiger partial charge is 0.465 e. The summed E-state index contributed by atoms with van der Waals surface area (Å²) in [6.07, 6.45) is 1.84. The SMILES string of the molecule is COC(=O)c1cc(-c2ccccc2)sc1NC(=S)Nc1cn(C)nc1C. The number of carbonyl (C=O) groups excluding carboxylic acids is 1. The maximum absolute atomic E-state index is 12.1. The number of methoxy groups -OCH3 is 1. The number of ether oxygens (including phenoxy) is 1. The summed E-state index contributed by atoms with van der Waals surface area (Å²) in [6, 6.07) is 11.7. The first kappa shape index (κ1) is 18.1. The minimum Gasteiger partial charge on any atom is -0.465 e. The van der Waals surface area contributed by atoms with Crippen molar-refractivity contribution in [2.24, 2.45) is 7.05 Å². The van der Waals surface area contributed by atoms with Gasteiger partial charge in [0.25, 0.3) is 0 Å². The molecule has 8 heteroatoms. The fourth-order valence-corrected chi connectivity index (χ4v) is 3.80. The molecule has 3 aromatic rings. The highest BCUT2D eigenvalue weighted by atomic mass is 32.1. The molecule has 2 heterocycles. The molecule has 0 radical (unpaired) electrons. The summed E-state index contributed by atoms with van der Waals surface area (Å²) in [6.45, 7) is 1.89. The van der Waals surface area contributed by atoms with Crippen molar-refractivity contribution in [3.05, 3.63) is 53.9 Å². The Labute approximate surface area is 160 Å². The molecule has 1 aromatic carbocycles. The van der Waals surface area contributed by atoms with E-state index in [2.05, 4.69) is 15.7 Å². The molecule has 0 fully saturated rings. The van der Waals surface area contributed by atoms with Crippen LogP contribution in [-0.4, -0.2) is 28.0 Å². The van der Waals surface area contributed by atoms with Gasteiger partial charge in [-0.2, -0.15) is 5.10 Å². The van der Waals surface area contributed by atoms with E-state index in [1.165, 1.54) is 18.4 Å². The first-order valence-electron chi connectivity index (χ1n) is 7.83. The lowest BCUT2D eigenvalue weighted by Gasteiger charge is -2.09. The van der Waals surface area contributed by atoms with Gasteiger partial charge < -0.3 is 15.4 Å². The van der Waals surface area contributed by atoms with Crippen LogP contribution in [0.25, 0.3) is 10.4 Å². The van der Waals surface area contributed by atoms with Gasteiger partial charge in [0.2, 0.25) is 0 Å². The highest BCUT2D eigenvalue weighted by Gasteiger charge is 2.18. The van der Waals surface area contributed by atoms with E-state index in [9.17, 15) is 4.79 Å². The molecule has 0 unspecified atom stereocenters. The molecule has 0 saturated heterocycles. The van der Waals surface area contributed by atoms with E-state index in [1.807, 2.05) is 56.6 Å². The maximum atomic E-state index is 12.1. The summed E-state index contributed by atoms with van der Waals surface area (Å²) in [5, 5.41) is 11.5. The molecule has 2 aromatic heterocycles. The molecule has 3 rings (SSSR count). The molecule has 0 bridgehead atoms. The standard InChI is InChI=1S/C18H18N4O2S2/c1-11-14(10-22(2)21-11)19-18(25)20-16-13(17(23)24-3)9-15(26-16)12-7-5-4-6-8-12/h4-10H,1-3H3,(H2,19,20,25). The number of rotatable bonds is 4. The van der Waals surface area contributed by atoms with Crippen molar-refractivity contribution in [2.75, 3.05) is 17.7 Å². The number of nitrogens with zero attached hydrogens (tertiary/aromatic N) is 2. The Morgan fingerprint density at radius 2 is 2.00 bits per heavy atom. The summed E-state index contributed by atoms with van der Waals surface area (Å²) < 4.78 is 6.61. The van der Waals surface area contributed by atoms with Crippen LogP contribution in [0, 0.1) is 6.92 Å². The van der Waals surface area contributed by atoms with Crippen LogP contribution >= 0.6 is 23.6 Å². The van der Waals surface area contributed by atoms with Gasteiger partial charge in [-0.1, -0.05) is 30.3 Å². The van der Waals surface area contributed by atoms with Gasteiger partial charge in [0.15, 0.2) is 5.11 Å². The number of benzene rings is 1. The number of hydrogen-bond acceptors (Lipinski definition) is 5. The van der Waals surface area contributed by atoms with Crippen molar-refractivity contribution in [1.82, 2.24) is 9.78 Å². The summed E-state index contributed by atoms with van der Waals surface area (Å²) in [5.74, 6) is -0.411. The second-order valence-electron chi connectivity index (χ2n) is 5.59. The molecule has 26 heavy (non-hydrogen) atoms. The van der Waals surface area contributed by atoms with Gasteiger partial charge in [-0.15, -0.1) is 11.3 Å². The van der Waals surface area contributed by atoms with Crippen LogP contribution in [0.1, 0.15) is 16.1 Å². The zero-order chi connectivity index (χ0) is 18.7. The molecular formula is C18H18N4O2S2. The van der Waals surface area contributed by atoms with Crippen molar-refractivity contribution < 1.29 is 9.53 Å². The lowest BCUT2D eigenvalue weighted by atomic mass is 10.1. The van der Waals surface area contributed by atoms with E-state index in [0.717, 1.165) is 21.8 Å². The third-order valence-electron chi connectivity index (χ3n) is 3.68. The minimum absolute atomic E-state index is 0.382. The molecule has 0 aliphatic heterocycles. The molecule has 2 N–H and O–H groups in total. The number of thiophene rings is 1. The number of carbonyl (C=O) groups is 1. The predicted molar refractivity (Wildman–Crippen MR) is 109 cm³/mol.